The average Bonchev–Trinajstić information content (AvgIpc) is 2.47. The Kier molecular flexibility index (Phi) is 3.95. The van der Waals surface area contributed by atoms with E-state index in [1.165, 1.54) is 25.3 Å². The number of ether oxygens (including phenoxy) is 2. The first-order valence-electron chi connectivity index (χ1n) is 5.71. The van der Waals surface area contributed by atoms with Gasteiger partial charge in [-0.3, -0.25) is 10.1 Å². The largest absolute Gasteiger partial charge is 0.465 e. The number of para-hydroxylation sites is 1. The fraction of sp³-hybridized carbons (Fsp3) is 0.0714. The molecule has 0 fully saturated rings. The molecule has 0 spiro atoms. The van der Waals surface area contributed by atoms with Crippen LogP contribution in [0.1, 0.15) is 10.4 Å². The fourth-order valence-corrected chi connectivity index (χ4v) is 1.63. The van der Waals surface area contributed by atoms with Crippen LogP contribution in [-0.2, 0) is 4.74 Å². The van der Waals surface area contributed by atoms with Crippen molar-refractivity contribution in [1.82, 2.24) is 0 Å². The second kappa shape index (κ2) is 5.83. The normalized spacial score (nSPS) is 9.85. The molecule has 0 aliphatic carbocycles. The number of methoxy groups -OCH3 is 1. The summed E-state index contributed by atoms with van der Waals surface area (Å²) in [5.41, 5.74) is -0.469. The summed E-state index contributed by atoms with van der Waals surface area (Å²) in [6, 6.07) is 12.8. The lowest BCUT2D eigenvalue weighted by Crippen LogP contribution is -2.05. The summed E-state index contributed by atoms with van der Waals surface area (Å²) in [4.78, 5) is 21.8. The minimum absolute atomic E-state index is 0.113. The lowest BCUT2D eigenvalue weighted by Gasteiger charge is -2.07. The Morgan fingerprint density at radius 3 is 2.40 bits per heavy atom. The van der Waals surface area contributed by atoms with E-state index in [0.717, 1.165) is 0 Å². The van der Waals surface area contributed by atoms with Crippen molar-refractivity contribution in [2.45, 2.75) is 0 Å². The van der Waals surface area contributed by atoms with Crippen LogP contribution in [-0.4, -0.2) is 18.0 Å². The molecule has 0 amide bonds. The number of nitrogens with zero attached hydrogens (tertiary/aromatic N) is 1. The van der Waals surface area contributed by atoms with Gasteiger partial charge in [-0.15, -0.1) is 0 Å². The lowest BCUT2D eigenvalue weighted by molar-refractivity contribution is -0.385. The average molecular weight is 273 g/mol. The Labute approximate surface area is 114 Å². The van der Waals surface area contributed by atoms with Crippen LogP contribution >= 0.6 is 0 Å². The number of nitro groups is 1. The molecule has 0 radical (unpaired) electrons. The molecule has 0 unspecified atom stereocenters. The van der Waals surface area contributed by atoms with Gasteiger partial charge < -0.3 is 9.47 Å². The zero-order valence-electron chi connectivity index (χ0n) is 10.6. The molecule has 2 rings (SSSR count). The summed E-state index contributed by atoms with van der Waals surface area (Å²) in [6.07, 6.45) is 0. The van der Waals surface area contributed by atoms with E-state index in [1.54, 1.807) is 24.3 Å². The van der Waals surface area contributed by atoms with Gasteiger partial charge >= 0.3 is 5.97 Å². The number of hydrogen-bond acceptors (Lipinski definition) is 5. The van der Waals surface area contributed by atoms with Crippen molar-refractivity contribution >= 4 is 11.7 Å². The Morgan fingerprint density at radius 1 is 1.10 bits per heavy atom. The first-order chi connectivity index (χ1) is 9.61. The summed E-state index contributed by atoms with van der Waals surface area (Å²) >= 11 is 0. The third-order valence-electron chi connectivity index (χ3n) is 2.55. The second-order valence-corrected chi connectivity index (χ2v) is 3.84. The predicted octanol–water partition coefficient (Wildman–Crippen LogP) is 3.17. The molecule has 2 aromatic carbocycles. The molecule has 2 aromatic rings. The number of esters is 1. The van der Waals surface area contributed by atoms with Gasteiger partial charge in [-0.1, -0.05) is 18.2 Å². The van der Waals surface area contributed by atoms with Crippen molar-refractivity contribution in [3.05, 3.63) is 64.2 Å². The molecule has 0 saturated heterocycles. The molecule has 0 N–H and O–H groups in total. The van der Waals surface area contributed by atoms with Crippen LogP contribution in [0, 0.1) is 10.1 Å². The minimum atomic E-state index is -0.761. The van der Waals surface area contributed by atoms with Crippen molar-refractivity contribution in [1.29, 1.82) is 0 Å². The smallest absolute Gasteiger partial charge is 0.344 e. The molecule has 0 aliphatic rings. The number of rotatable bonds is 4. The van der Waals surface area contributed by atoms with E-state index >= 15 is 0 Å². The highest BCUT2D eigenvalue weighted by Gasteiger charge is 2.21. The van der Waals surface area contributed by atoms with Crippen LogP contribution in [0.15, 0.2) is 48.5 Å². The Hall–Kier alpha value is -2.89. The van der Waals surface area contributed by atoms with Gasteiger partial charge in [0.1, 0.15) is 17.1 Å². The van der Waals surface area contributed by atoms with Gasteiger partial charge in [-0.05, 0) is 24.3 Å². The molecule has 0 bridgehead atoms. The quantitative estimate of drug-likeness (QED) is 0.485. The van der Waals surface area contributed by atoms with Gasteiger partial charge in [0, 0.05) is 0 Å². The maximum absolute atomic E-state index is 11.4. The molecule has 0 heterocycles. The number of carbonyl (C=O) groups is 1. The molecule has 6 heteroatoms. The van der Waals surface area contributed by atoms with Crippen molar-refractivity contribution < 1.29 is 19.2 Å². The monoisotopic (exact) mass is 273 g/mol. The summed E-state index contributed by atoms with van der Waals surface area (Å²) < 4.78 is 9.98. The van der Waals surface area contributed by atoms with Crippen LogP contribution in [0.3, 0.4) is 0 Å². The summed E-state index contributed by atoms with van der Waals surface area (Å²) in [7, 11) is 1.17. The van der Waals surface area contributed by atoms with Crippen LogP contribution in [0.25, 0.3) is 0 Å². The van der Waals surface area contributed by atoms with Crippen LogP contribution in [0.2, 0.25) is 0 Å². The van der Waals surface area contributed by atoms with Gasteiger partial charge in [0.05, 0.1) is 18.1 Å². The maximum Gasteiger partial charge on any atom is 0.344 e. The highest BCUT2D eigenvalue weighted by molar-refractivity contribution is 5.94. The lowest BCUT2D eigenvalue weighted by atomic mass is 10.1. The molecule has 102 valence electrons. The SMILES string of the molecule is COC(=O)c1ccc(Oc2ccccc2)cc1[N+](=O)[O-]. The highest BCUT2D eigenvalue weighted by Crippen LogP contribution is 2.28. The molecule has 6 nitrogen and oxygen atoms in total. The predicted molar refractivity (Wildman–Crippen MR) is 71.0 cm³/mol. The second-order valence-electron chi connectivity index (χ2n) is 3.84. The molecule has 20 heavy (non-hydrogen) atoms. The zero-order chi connectivity index (χ0) is 14.5. The highest BCUT2D eigenvalue weighted by atomic mass is 16.6. The molecule has 0 aliphatic heterocycles. The van der Waals surface area contributed by atoms with Crippen molar-refractivity contribution in [2.75, 3.05) is 7.11 Å². The third-order valence-corrected chi connectivity index (χ3v) is 2.55. The first kappa shape index (κ1) is 13.5. The molecule has 0 saturated carbocycles. The topological polar surface area (TPSA) is 78.7 Å². The van der Waals surface area contributed by atoms with E-state index in [9.17, 15) is 14.9 Å². The summed E-state index contributed by atoms with van der Waals surface area (Å²) in [5, 5.41) is 11.0. The van der Waals surface area contributed by atoms with Gasteiger partial charge in [-0.2, -0.15) is 0 Å². The number of benzene rings is 2. The standard InChI is InChI=1S/C14H11NO5/c1-19-14(16)12-8-7-11(9-13(12)15(17)18)20-10-5-3-2-4-6-10/h2-9H,1H3. The van der Waals surface area contributed by atoms with Crippen molar-refractivity contribution in [2.24, 2.45) is 0 Å². The fourth-order valence-electron chi connectivity index (χ4n) is 1.63. The van der Waals surface area contributed by atoms with E-state index in [4.69, 9.17) is 4.74 Å². The third kappa shape index (κ3) is 2.92. The van der Waals surface area contributed by atoms with E-state index < -0.39 is 10.9 Å². The van der Waals surface area contributed by atoms with Gasteiger partial charge in [-0.25, -0.2) is 4.79 Å². The molecule has 0 aromatic heterocycles. The van der Waals surface area contributed by atoms with Gasteiger partial charge in [0.15, 0.2) is 0 Å². The first-order valence-corrected chi connectivity index (χ1v) is 5.71. The number of hydrogen-bond donors (Lipinski definition) is 0. The van der Waals surface area contributed by atoms with E-state index in [-0.39, 0.29) is 17.0 Å². The van der Waals surface area contributed by atoms with Gasteiger partial charge in [0.2, 0.25) is 0 Å². The zero-order valence-corrected chi connectivity index (χ0v) is 10.6. The minimum Gasteiger partial charge on any atom is -0.465 e. The Balaban J connectivity index is 2.35. The Bertz CT molecular complexity index is 639. The number of carbonyl (C=O) groups excluding carboxylic acids is 1. The van der Waals surface area contributed by atoms with Gasteiger partial charge in [0.25, 0.3) is 5.69 Å². The van der Waals surface area contributed by atoms with E-state index in [2.05, 4.69) is 4.74 Å². The van der Waals surface area contributed by atoms with Crippen molar-refractivity contribution in [3.8, 4) is 11.5 Å². The number of nitro benzene ring substituents is 1. The van der Waals surface area contributed by atoms with Crippen molar-refractivity contribution in [3.63, 3.8) is 0 Å². The van der Waals surface area contributed by atoms with E-state index in [0.29, 0.717) is 5.75 Å². The van der Waals surface area contributed by atoms with E-state index in [1.807, 2.05) is 6.07 Å². The molecule has 0 atom stereocenters. The van der Waals surface area contributed by atoms with Crippen LogP contribution in [0.5, 0.6) is 11.5 Å². The summed E-state index contributed by atoms with van der Waals surface area (Å²) in [5.74, 6) is 0.0612. The molecular formula is C14H11NO5. The maximum atomic E-state index is 11.4. The Morgan fingerprint density at radius 2 is 1.80 bits per heavy atom. The molecular weight excluding hydrogens is 262 g/mol. The van der Waals surface area contributed by atoms with Crippen LogP contribution in [0.4, 0.5) is 5.69 Å². The summed E-state index contributed by atoms with van der Waals surface area (Å²) in [6.45, 7) is 0. The van der Waals surface area contributed by atoms with Crippen LogP contribution < -0.4 is 4.74 Å².